The molecule has 6 nitrogen and oxygen atoms in total. The van der Waals surface area contributed by atoms with E-state index in [1.807, 2.05) is 6.92 Å². The number of phenolic OH excluding ortho intramolecular Hbond substituents is 2. The number of ether oxygens (including phenoxy) is 2. The molecule has 1 aliphatic rings. The number of phenols is 2. The van der Waals surface area contributed by atoms with E-state index in [1.54, 1.807) is 6.07 Å². The molecule has 0 bridgehead atoms. The maximum absolute atomic E-state index is 9.76. The summed E-state index contributed by atoms with van der Waals surface area (Å²) in [6, 6.07) is 4.53. The Kier molecular flexibility index (Phi) is 4.82. The Balaban J connectivity index is 1.84. The molecule has 2 rings (SSSR count). The van der Waals surface area contributed by atoms with Crippen LogP contribution < -0.4 is 0 Å². The van der Waals surface area contributed by atoms with E-state index in [2.05, 4.69) is 0 Å². The minimum atomic E-state index is -1.06. The predicted molar refractivity (Wildman–Crippen MR) is 70.4 cm³/mol. The van der Waals surface area contributed by atoms with Gasteiger partial charge in [0.05, 0.1) is 18.8 Å². The molecular formula is C14H20O6. The van der Waals surface area contributed by atoms with Crippen molar-refractivity contribution in [3.05, 3.63) is 23.8 Å². The van der Waals surface area contributed by atoms with Crippen LogP contribution in [0.1, 0.15) is 18.9 Å². The molecule has 112 valence electrons. The van der Waals surface area contributed by atoms with Gasteiger partial charge in [-0.1, -0.05) is 6.07 Å². The molecule has 1 aromatic rings. The van der Waals surface area contributed by atoms with Gasteiger partial charge in [-0.2, -0.15) is 0 Å². The van der Waals surface area contributed by atoms with Crippen LogP contribution in [0.15, 0.2) is 18.2 Å². The SMILES string of the molecule is C[C@@H]1C[C@H](O)[C@@H](O)[C@H](OCCc2ccc(O)c(O)c2)O1. The van der Waals surface area contributed by atoms with Crippen molar-refractivity contribution in [3.8, 4) is 11.5 Å². The van der Waals surface area contributed by atoms with E-state index in [0.717, 1.165) is 5.56 Å². The number of aliphatic hydroxyl groups is 2. The lowest BCUT2D eigenvalue weighted by Crippen LogP contribution is -2.48. The van der Waals surface area contributed by atoms with Crippen molar-refractivity contribution in [1.29, 1.82) is 0 Å². The van der Waals surface area contributed by atoms with Crippen molar-refractivity contribution in [3.63, 3.8) is 0 Å². The molecule has 1 aliphatic heterocycles. The van der Waals surface area contributed by atoms with Gasteiger partial charge in [-0.05, 0) is 31.0 Å². The van der Waals surface area contributed by atoms with Gasteiger partial charge < -0.3 is 29.9 Å². The molecule has 1 fully saturated rings. The smallest absolute Gasteiger partial charge is 0.186 e. The van der Waals surface area contributed by atoms with Crippen molar-refractivity contribution in [2.75, 3.05) is 6.61 Å². The lowest BCUT2D eigenvalue weighted by molar-refractivity contribution is -0.262. The lowest BCUT2D eigenvalue weighted by Gasteiger charge is -2.35. The Hall–Kier alpha value is -1.34. The molecule has 0 spiro atoms. The zero-order chi connectivity index (χ0) is 14.7. The zero-order valence-corrected chi connectivity index (χ0v) is 11.3. The standard InChI is InChI=1S/C14H20O6/c1-8-6-12(17)13(18)14(20-8)19-5-4-9-2-3-10(15)11(16)7-9/h2-3,7-8,12-18H,4-6H2,1H3/t8-,12+,13-,14-/m1/s1. The van der Waals surface area contributed by atoms with Crippen LogP contribution in [0.3, 0.4) is 0 Å². The molecule has 0 amide bonds. The van der Waals surface area contributed by atoms with E-state index >= 15 is 0 Å². The summed E-state index contributed by atoms with van der Waals surface area (Å²) in [5.41, 5.74) is 0.791. The molecule has 0 radical (unpaired) electrons. The van der Waals surface area contributed by atoms with Gasteiger partial charge >= 0.3 is 0 Å². The lowest BCUT2D eigenvalue weighted by atomic mass is 10.0. The summed E-state index contributed by atoms with van der Waals surface area (Å²) >= 11 is 0. The first-order valence-electron chi connectivity index (χ1n) is 6.61. The summed E-state index contributed by atoms with van der Waals surface area (Å²) in [7, 11) is 0. The largest absolute Gasteiger partial charge is 0.504 e. The predicted octanol–water partition coefficient (Wildman–Crippen LogP) is 0.514. The summed E-state index contributed by atoms with van der Waals surface area (Å²) in [6.45, 7) is 2.08. The highest BCUT2D eigenvalue weighted by Gasteiger charge is 2.35. The molecule has 0 saturated carbocycles. The van der Waals surface area contributed by atoms with Crippen molar-refractivity contribution in [1.82, 2.24) is 0 Å². The molecule has 6 heteroatoms. The average Bonchev–Trinajstić information content (AvgIpc) is 2.39. The van der Waals surface area contributed by atoms with Crippen LogP contribution in [0.4, 0.5) is 0 Å². The molecule has 1 heterocycles. The number of hydrogen-bond acceptors (Lipinski definition) is 6. The third-order valence-electron chi connectivity index (χ3n) is 3.33. The third-order valence-corrected chi connectivity index (χ3v) is 3.33. The Morgan fingerprint density at radius 1 is 1.25 bits per heavy atom. The zero-order valence-electron chi connectivity index (χ0n) is 11.3. The Morgan fingerprint density at radius 3 is 2.70 bits per heavy atom. The Bertz CT molecular complexity index is 449. The highest BCUT2D eigenvalue weighted by molar-refractivity contribution is 5.40. The Morgan fingerprint density at radius 2 is 2.00 bits per heavy atom. The molecule has 4 N–H and O–H groups in total. The molecule has 4 atom stereocenters. The number of aromatic hydroxyl groups is 2. The normalized spacial score (nSPS) is 30.4. The fourth-order valence-electron chi connectivity index (χ4n) is 2.18. The molecular weight excluding hydrogens is 264 g/mol. The summed E-state index contributed by atoms with van der Waals surface area (Å²) in [5, 5.41) is 38.0. The van der Waals surface area contributed by atoms with Crippen LogP contribution in [-0.2, 0) is 15.9 Å². The van der Waals surface area contributed by atoms with Crippen molar-refractivity contribution < 1.29 is 29.9 Å². The van der Waals surface area contributed by atoms with Gasteiger partial charge in [-0.25, -0.2) is 0 Å². The number of rotatable bonds is 4. The molecule has 1 saturated heterocycles. The van der Waals surface area contributed by atoms with Crippen molar-refractivity contribution in [2.45, 2.75) is 44.4 Å². The van der Waals surface area contributed by atoms with Gasteiger partial charge in [0, 0.05) is 6.42 Å². The summed E-state index contributed by atoms with van der Waals surface area (Å²) < 4.78 is 10.9. The van der Waals surface area contributed by atoms with E-state index in [-0.39, 0.29) is 24.2 Å². The van der Waals surface area contributed by atoms with Gasteiger partial charge in [0.2, 0.25) is 0 Å². The van der Waals surface area contributed by atoms with Gasteiger partial charge in [-0.15, -0.1) is 0 Å². The summed E-state index contributed by atoms with van der Waals surface area (Å²) in [6.07, 6.45) is -2.05. The van der Waals surface area contributed by atoms with Crippen molar-refractivity contribution in [2.24, 2.45) is 0 Å². The number of benzene rings is 1. The van der Waals surface area contributed by atoms with Gasteiger partial charge in [0.1, 0.15) is 6.10 Å². The highest BCUT2D eigenvalue weighted by Crippen LogP contribution is 2.25. The van der Waals surface area contributed by atoms with E-state index in [0.29, 0.717) is 12.8 Å². The maximum Gasteiger partial charge on any atom is 0.186 e. The van der Waals surface area contributed by atoms with Crippen molar-refractivity contribution >= 4 is 0 Å². The fourth-order valence-corrected chi connectivity index (χ4v) is 2.18. The first-order chi connectivity index (χ1) is 9.47. The molecule has 0 aromatic heterocycles. The minimum absolute atomic E-state index is 0.169. The van der Waals surface area contributed by atoms with E-state index in [9.17, 15) is 20.4 Å². The second-order valence-electron chi connectivity index (χ2n) is 5.05. The maximum atomic E-state index is 9.76. The molecule has 20 heavy (non-hydrogen) atoms. The monoisotopic (exact) mass is 284 g/mol. The van der Waals surface area contributed by atoms with Gasteiger partial charge in [0.25, 0.3) is 0 Å². The molecule has 0 aliphatic carbocycles. The van der Waals surface area contributed by atoms with E-state index in [4.69, 9.17) is 9.47 Å². The van der Waals surface area contributed by atoms with Gasteiger partial charge in [0.15, 0.2) is 17.8 Å². The summed E-state index contributed by atoms with van der Waals surface area (Å²) in [5.74, 6) is -0.349. The number of aliphatic hydroxyl groups excluding tert-OH is 2. The van der Waals surface area contributed by atoms with Gasteiger partial charge in [-0.3, -0.25) is 0 Å². The topological polar surface area (TPSA) is 99.4 Å². The van der Waals surface area contributed by atoms with E-state index < -0.39 is 18.5 Å². The second-order valence-corrected chi connectivity index (χ2v) is 5.05. The van der Waals surface area contributed by atoms with Crippen LogP contribution in [0, 0.1) is 0 Å². The van der Waals surface area contributed by atoms with Crippen LogP contribution in [0.5, 0.6) is 11.5 Å². The third kappa shape index (κ3) is 3.61. The molecule has 1 aromatic carbocycles. The average molecular weight is 284 g/mol. The fraction of sp³-hybridized carbons (Fsp3) is 0.571. The minimum Gasteiger partial charge on any atom is -0.504 e. The van der Waals surface area contributed by atoms with E-state index in [1.165, 1.54) is 12.1 Å². The van der Waals surface area contributed by atoms with Crippen LogP contribution in [0.2, 0.25) is 0 Å². The Labute approximate surface area is 117 Å². The van der Waals surface area contributed by atoms with Crippen LogP contribution in [-0.4, -0.2) is 51.6 Å². The quantitative estimate of drug-likeness (QED) is 0.601. The summed E-state index contributed by atoms with van der Waals surface area (Å²) in [4.78, 5) is 0. The molecule has 0 unspecified atom stereocenters. The second kappa shape index (κ2) is 6.41. The highest BCUT2D eigenvalue weighted by atomic mass is 16.7. The first kappa shape index (κ1) is 15.1. The van der Waals surface area contributed by atoms with Crippen LogP contribution in [0.25, 0.3) is 0 Å². The number of hydrogen-bond donors (Lipinski definition) is 4. The van der Waals surface area contributed by atoms with Crippen LogP contribution >= 0.6 is 0 Å². The first-order valence-corrected chi connectivity index (χ1v) is 6.61.